The SMILES string of the molecule is CC(CBr)(CBr)NC(=O)c1c(Cl)cccc1[N+](=O)[O-]. The number of rotatable bonds is 5. The van der Waals surface area contributed by atoms with Gasteiger partial charge in [0.25, 0.3) is 11.6 Å². The topological polar surface area (TPSA) is 72.2 Å². The van der Waals surface area contributed by atoms with Gasteiger partial charge in [0.2, 0.25) is 0 Å². The monoisotopic (exact) mass is 412 g/mol. The summed E-state index contributed by atoms with van der Waals surface area (Å²) in [4.78, 5) is 22.5. The molecule has 0 spiro atoms. The molecule has 1 aromatic carbocycles. The molecule has 1 aromatic rings. The third-order valence-electron chi connectivity index (χ3n) is 2.42. The highest BCUT2D eigenvalue weighted by Gasteiger charge is 2.29. The van der Waals surface area contributed by atoms with Crippen LogP contribution in [-0.4, -0.2) is 27.0 Å². The van der Waals surface area contributed by atoms with Gasteiger partial charge in [-0.3, -0.25) is 14.9 Å². The van der Waals surface area contributed by atoms with E-state index in [2.05, 4.69) is 37.2 Å². The summed E-state index contributed by atoms with van der Waals surface area (Å²) >= 11 is 12.5. The van der Waals surface area contributed by atoms with Gasteiger partial charge in [-0.05, 0) is 13.0 Å². The molecular weight excluding hydrogens is 403 g/mol. The average Bonchev–Trinajstić information content (AvgIpc) is 2.37. The molecule has 0 atom stereocenters. The zero-order chi connectivity index (χ0) is 14.6. The number of carbonyl (C=O) groups is 1. The highest BCUT2D eigenvalue weighted by atomic mass is 79.9. The number of halogens is 3. The van der Waals surface area contributed by atoms with Crippen molar-refractivity contribution in [3.8, 4) is 0 Å². The van der Waals surface area contributed by atoms with Gasteiger partial charge in [-0.2, -0.15) is 0 Å². The Labute approximate surface area is 132 Å². The van der Waals surface area contributed by atoms with Gasteiger partial charge in [-0.1, -0.05) is 49.5 Å². The van der Waals surface area contributed by atoms with Gasteiger partial charge in [0, 0.05) is 16.7 Å². The highest BCUT2D eigenvalue weighted by molar-refractivity contribution is 9.09. The van der Waals surface area contributed by atoms with Crippen molar-refractivity contribution in [2.75, 3.05) is 10.7 Å². The molecular formula is C11H11Br2ClN2O3. The Balaban J connectivity index is 3.16. The van der Waals surface area contributed by atoms with Crippen molar-refractivity contribution in [3.05, 3.63) is 38.9 Å². The molecule has 8 heteroatoms. The minimum absolute atomic E-state index is 0.0539. The predicted molar refractivity (Wildman–Crippen MR) is 81.6 cm³/mol. The molecule has 0 aliphatic carbocycles. The summed E-state index contributed by atoms with van der Waals surface area (Å²) in [5.74, 6) is -0.571. The zero-order valence-electron chi connectivity index (χ0n) is 9.95. The lowest BCUT2D eigenvalue weighted by Crippen LogP contribution is -2.49. The van der Waals surface area contributed by atoms with Crippen LogP contribution in [-0.2, 0) is 0 Å². The summed E-state index contributed by atoms with van der Waals surface area (Å²) in [5.41, 5.74) is -0.997. The van der Waals surface area contributed by atoms with Crippen LogP contribution in [0.2, 0.25) is 5.02 Å². The van der Waals surface area contributed by atoms with Crippen molar-refractivity contribution < 1.29 is 9.72 Å². The van der Waals surface area contributed by atoms with Crippen molar-refractivity contribution in [2.45, 2.75) is 12.5 Å². The first-order chi connectivity index (χ1) is 8.84. The van der Waals surface area contributed by atoms with E-state index >= 15 is 0 Å². The molecule has 0 saturated carbocycles. The number of benzene rings is 1. The van der Waals surface area contributed by atoms with Crippen LogP contribution in [0.3, 0.4) is 0 Å². The molecule has 5 nitrogen and oxygen atoms in total. The van der Waals surface area contributed by atoms with E-state index < -0.39 is 16.4 Å². The molecule has 0 heterocycles. The van der Waals surface area contributed by atoms with Gasteiger partial charge >= 0.3 is 0 Å². The molecule has 0 aliphatic heterocycles. The van der Waals surface area contributed by atoms with Crippen molar-refractivity contribution in [1.82, 2.24) is 5.32 Å². The molecule has 1 amide bonds. The number of hydrogen-bond acceptors (Lipinski definition) is 3. The van der Waals surface area contributed by atoms with Crippen molar-refractivity contribution in [3.63, 3.8) is 0 Å². The average molecular weight is 414 g/mol. The fourth-order valence-electron chi connectivity index (χ4n) is 1.33. The van der Waals surface area contributed by atoms with Crippen LogP contribution < -0.4 is 5.32 Å². The van der Waals surface area contributed by atoms with E-state index in [1.165, 1.54) is 18.2 Å². The first-order valence-electron chi connectivity index (χ1n) is 5.22. The summed E-state index contributed by atoms with van der Waals surface area (Å²) in [6.07, 6.45) is 0. The predicted octanol–water partition coefficient (Wildman–Crippen LogP) is 3.53. The molecule has 19 heavy (non-hydrogen) atoms. The Hall–Kier alpha value is -0.660. The number of hydrogen-bond donors (Lipinski definition) is 1. The lowest BCUT2D eigenvalue weighted by molar-refractivity contribution is -0.385. The van der Waals surface area contributed by atoms with Crippen LogP contribution >= 0.6 is 43.5 Å². The first kappa shape index (κ1) is 16.4. The summed E-state index contributed by atoms with van der Waals surface area (Å²) in [6, 6.07) is 4.13. The van der Waals surface area contributed by atoms with Crippen molar-refractivity contribution in [1.29, 1.82) is 0 Å². The number of carbonyl (C=O) groups excluding carboxylic acids is 1. The number of nitrogens with one attached hydrogen (secondary N) is 1. The van der Waals surface area contributed by atoms with Gasteiger partial charge in [-0.25, -0.2) is 0 Å². The summed E-state index contributed by atoms with van der Waals surface area (Å²) in [7, 11) is 0. The summed E-state index contributed by atoms with van der Waals surface area (Å²) in [5, 5.41) is 14.7. The molecule has 104 valence electrons. The van der Waals surface area contributed by atoms with Crippen molar-refractivity contribution in [2.24, 2.45) is 0 Å². The first-order valence-corrected chi connectivity index (χ1v) is 7.84. The Kier molecular flexibility index (Phi) is 5.76. The molecule has 1 N–H and O–H groups in total. The minimum Gasteiger partial charge on any atom is -0.345 e. The number of nitro groups is 1. The number of nitrogens with zero attached hydrogens (tertiary/aromatic N) is 1. The quantitative estimate of drug-likeness (QED) is 0.455. The van der Waals surface area contributed by atoms with Gasteiger partial charge < -0.3 is 5.32 Å². The second-order valence-corrected chi connectivity index (χ2v) is 5.70. The number of nitro benzene ring substituents is 1. The van der Waals surface area contributed by atoms with E-state index in [4.69, 9.17) is 11.6 Å². The molecule has 0 saturated heterocycles. The van der Waals surface area contributed by atoms with Crippen LogP contribution in [0.25, 0.3) is 0 Å². The maximum Gasteiger partial charge on any atom is 0.283 e. The Morgan fingerprint density at radius 1 is 1.47 bits per heavy atom. The third-order valence-corrected chi connectivity index (χ3v) is 5.21. The lowest BCUT2D eigenvalue weighted by Gasteiger charge is -2.26. The summed E-state index contributed by atoms with van der Waals surface area (Å²) < 4.78 is 0. The largest absolute Gasteiger partial charge is 0.345 e. The maximum absolute atomic E-state index is 12.2. The smallest absolute Gasteiger partial charge is 0.283 e. The fraction of sp³-hybridized carbons (Fsp3) is 0.364. The Bertz CT molecular complexity index is 507. The third kappa shape index (κ3) is 3.90. The molecule has 0 radical (unpaired) electrons. The van der Waals surface area contributed by atoms with Crippen LogP contribution in [0.4, 0.5) is 5.69 Å². The van der Waals surface area contributed by atoms with E-state index in [1.807, 2.05) is 0 Å². The Morgan fingerprint density at radius 3 is 2.53 bits per heavy atom. The van der Waals surface area contributed by atoms with Crippen LogP contribution in [0.1, 0.15) is 17.3 Å². The summed E-state index contributed by atoms with van der Waals surface area (Å²) in [6.45, 7) is 1.80. The molecule has 0 aromatic heterocycles. The van der Waals surface area contributed by atoms with E-state index in [9.17, 15) is 14.9 Å². The molecule has 0 unspecified atom stereocenters. The molecule has 1 rings (SSSR count). The van der Waals surface area contributed by atoms with Gasteiger partial charge in [0.15, 0.2) is 0 Å². The Morgan fingerprint density at radius 2 is 2.05 bits per heavy atom. The van der Waals surface area contributed by atoms with Gasteiger partial charge in [0.05, 0.1) is 15.5 Å². The molecule has 0 aliphatic rings. The molecule has 0 bridgehead atoms. The number of alkyl halides is 2. The van der Waals surface area contributed by atoms with E-state index in [1.54, 1.807) is 6.92 Å². The van der Waals surface area contributed by atoms with Gasteiger partial charge in [0.1, 0.15) is 5.56 Å². The number of amides is 1. The standard InChI is InChI=1S/C11H11Br2ClN2O3/c1-11(5-12,6-13)15-10(17)9-7(14)3-2-4-8(9)16(18)19/h2-4H,5-6H2,1H3,(H,15,17). The maximum atomic E-state index is 12.2. The van der Waals surface area contributed by atoms with Crippen LogP contribution in [0.5, 0.6) is 0 Å². The van der Waals surface area contributed by atoms with E-state index in [0.29, 0.717) is 10.7 Å². The van der Waals surface area contributed by atoms with Gasteiger partial charge in [-0.15, -0.1) is 0 Å². The van der Waals surface area contributed by atoms with E-state index in [0.717, 1.165) is 0 Å². The zero-order valence-corrected chi connectivity index (χ0v) is 13.9. The van der Waals surface area contributed by atoms with E-state index in [-0.39, 0.29) is 16.3 Å². The minimum atomic E-state index is -0.625. The van der Waals surface area contributed by atoms with Crippen LogP contribution in [0.15, 0.2) is 18.2 Å². The van der Waals surface area contributed by atoms with Crippen molar-refractivity contribution >= 4 is 55.1 Å². The van der Waals surface area contributed by atoms with Crippen LogP contribution in [0, 0.1) is 10.1 Å². The second kappa shape index (κ2) is 6.67. The molecule has 0 fully saturated rings. The fourth-order valence-corrected chi connectivity index (χ4v) is 2.79. The lowest BCUT2D eigenvalue weighted by atomic mass is 10.1. The normalized spacial score (nSPS) is 11.2. The second-order valence-electron chi connectivity index (χ2n) is 4.17. The highest BCUT2D eigenvalue weighted by Crippen LogP contribution is 2.27.